The third kappa shape index (κ3) is 4.66. The first-order valence-corrected chi connectivity index (χ1v) is 10.4. The number of thiophene rings is 1. The number of carbonyl (C=O) groups excluding carboxylic acids is 2. The Bertz CT molecular complexity index is 1080. The molecule has 0 saturated heterocycles. The van der Waals surface area contributed by atoms with E-state index in [9.17, 15) is 9.59 Å². The van der Waals surface area contributed by atoms with Crippen molar-refractivity contribution in [2.24, 2.45) is 0 Å². The lowest BCUT2D eigenvalue weighted by atomic mass is 10.1. The van der Waals surface area contributed by atoms with Gasteiger partial charge < -0.3 is 14.5 Å². The topological polar surface area (TPSA) is 68.5 Å². The van der Waals surface area contributed by atoms with Gasteiger partial charge in [-0.3, -0.25) is 4.79 Å². The molecular formula is C21H19Cl2NO4S. The summed E-state index contributed by atoms with van der Waals surface area (Å²) in [6, 6.07) is 8.31. The highest BCUT2D eigenvalue weighted by atomic mass is 35.5. The van der Waals surface area contributed by atoms with E-state index in [0.717, 1.165) is 10.4 Å². The fraction of sp³-hybridized carbons (Fsp3) is 0.238. The molecule has 5 nitrogen and oxygen atoms in total. The predicted molar refractivity (Wildman–Crippen MR) is 116 cm³/mol. The molecule has 0 fully saturated rings. The number of anilines is 1. The van der Waals surface area contributed by atoms with Crippen LogP contribution >= 0.6 is 34.5 Å². The zero-order valence-corrected chi connectivity index (χ0v) is 18.6. The van der Waals surface area contributed by atoms with E-state index >= 15 is 0 Å². The maximum atomic E-state index is 12.7. The Labute approximate surface area is 182 Å². The average Bonchev–Trinajstić information content (AvgIpc) is 3.22. The Morgan fingerprint density at radius 2 is 1.83 bits per heavy atom. The van der Waals surface area contributed by atoms with Crippen LogP contribution in [0.15, 0.2) is 34.7 Å². The number of carbonyl (C=O) groups is 2. The van der Waals surface area contributed by atoms with Crippen LogP contribution in [0.25, 0.3) is 11.3 Å². The average molecular weight is 452 g/mol. The molecule has 1 amide bonds. The largest absolute Gasteiger partial charge is 0.459 e. The van der Waals surface area contributed by atoms with E-state index in [2.05, 4.69) is 5.32 Å². The number of hydrogen-bond donors (Lipinski definition) is 1. The highest BCUT2D eigenvalue weighted by Crippen LogP contribution is 2.34. The lowest BCUT2D eigenvalue weighted by Crippen LogP contribution is -2.16. The van der Waals surface area contributed by atoms with E-state index in [0.29, 0.717) is 31.9 Å². The lowest BCUT2D eigenvalue weighted by Gasteiger charge is -2.10. The summed E-state index contributed by atoms with van der Waals surface area (Å²) in [6.07, 6.45) is -0.260. The molecule has 152 valence electrons. The molecule has 1 aromatic carbocycles. The third-order valence-corrected chi connectivity index (χ3v) is 6.05. The SMILES string of the molecule is Cc1sc(NC(=O)c2ccc(-c3ccc(Cl)c(Cl)c3)o2)c(C(=O)OC(C)C)c1C. The minimum Gasteiger partial charge on any atom is -0.459 e. The Hall–Kier alpha value is -2.28. The fourth-order valence-electron chi connectivity index (χ4n) is 2.66. The molecule has 8 heteroatoms. The number of furan rings is 1. The van der Waals surface area contributed by atoms with E-state index in [1.54, 1.807) is 44.2 Å². The molecule has 29 heavy (non-hydrogen) atoms. The van der Waals surface area contributed by atoms with Crippen LogP contribution in [-0.4, -0.2) is 18.0 Å². The number of esters is 1. The summed E-state index contributed by atoms with van der Waals surface area (Å²) < 4.78 is 11.0. The van der Waals surface area contributed by atoms with Crippen LogP contribution in [0.5, 0.6) is 0 Å². The number of benzene rings is 1. The first kappa shape index (κ1) is 21.4. The second kappa shape index (κ2) is 8.61. The fourth-order valence-corrected chi connectivity index (χ4v) is 4.00. The standard InChI is InChI=1S/C21H19Cl2NO4S/c1-10(2)27-21(26)18-11(3)12(4)29-20(18)24-19(25)17-8-7-16(28-17)13-5-6-14(22)15(23)9-13/h5-10H,1-4H3,(H,24,25). The number of nitrogens with one attached hydrogen (secondary N) is 1. The molecular weight excluding hydrogens is 433 g/mol. The van der Waals surface area contributed by atoms with Gasteiger partial charge in [-0.05, 0) is 63.6 Å². The summed E-state index contributed by atoms with van der Waals surface area (Å²) in [5, 5.41) is 4.03. The van der Waals surface area contributed by atoms with Gasteiger partial charge in [0.1, 0.15) is 10.8 Å². The molecule has 0 unspecified atom stereocenters. The summed E-state index contributed by atoms with van der Waals surface area (Å²) in [4.78, 5) is 26.1. The number of rotatable bonds is 5. The first-order valence-electron chi connectivity index (χ1n) is 8.85. The Kier molecular flexibility index (Phi) is 6.36. The van der Waals surface area contributed by atoms with Crippen LogP contribution in [0, 0.1) is 13.8 Å². The molecule has 0 aliphatic carbocycles. The number of aryl methyl sites for hydroxylation is 1. The van der Waals surface area contributed by atoms with Gasteiger partial charge in [0.15, 0.2) is 5.76 Å². The van der Waals surface area contributed by atoms with Gasteiger partial charge in [-0.25, -0.2) is 4.79 Å². The molecule has 1 N–H and O–H groups in total. The summed E-state index contributed by atoms with van der Waals surface area (Å²) in [7, 11) is 0. The number of ether oxygens (including phenoxy) is 1. The second-order valence-corrected chi connectivity index (χ2v) is 8.73. The molecule has 0 atom stereocenters. The van der Waals surface area contributed by atoms with Crippen LogP contribution in [0.2, 0.25) is 10.0 Å². The van der Waals surface area contributed by atoms with Crippen molar-refractivity contribution >= 4 is 51.4 Å². The first-order chi connectivity index (χ1) is 13.7. The van der Waals surface area contributed by atoms with Crippen LogP contribution in [0.3, 0.4) is 0 Å². The molecule has 0 spiro atoms. The van der Waals surface area contributed by atoms with Crippen molar-refractivity contribution in [2.75, 3.05) is 5.32 Å². The zero-order valence-electron chi connectivity index (χ0n) is 16.3. The van der Waals surface area contributed by atoms with Gasteiger partial charge in [0.25, 0.3) is 5.91 Å². The molecule has 0 aliphatic heterocycles. The maximum Gasteiger partial charge on any atom is 0.341 e. The molecule has 2 aromatic heterocycles. The lowest BCUT2D eigenvalue weighted by molar-refractivity contribution is 0.0379. The summed E-state index contributed by atoms with van der Waals surface area (Å²) in [5.74, 6) is -0.339. The number of hydrogen-bond acceptors (Lipinski definition) is 5. The van der Waals surface area contributed by atoms with Gasteiger partial charge in [-0.15, -0.1) is 11.3 Å². The zero-order chi connectivity index (χ0) is 21.3. The summed E-state index contributed by atoms with van der Waals surface area (Å²) in [5.41, 5.74) is 1.85. The van der Waals surface area contributed by atoms with Crippen molar-refractivity contribution in [3.63, 3.8) is 0 Å². The number of halogens is 2. The van der Waals surface area contributed by atoms with Crippen molar-refractivity contribution in [1.82, 2.24) is 0 Å². The van der Waals surface area contributed by atoms with Gasteiger partial charge in [-0.2, -0.15) is 0 Å². The predicted octanol–water partition coefficient (Wildman–Crippen LogP) is 6.75. The Balaban J connectivity index is 1.84. The van der Waals surface area contributed by atoms with Gasteiger partial charge in [0, 0.05) is 10.4 Å². The highest BCUT2D eigenvalue weighted by Gasteiger charge is 2.24. The summed E-state index contributed by atoms with van der Waals surface area (Å²) >= 11 is 13.3. The van der Waals surface area contributed by atoms with Crippen LogP contribution in [-0.2, 0) is 4.74 Å². The Morgan fingerprint density at radius 3 is 2.48 bits per heavy atom. The number of amides is 1. The highest BCUT2D eigenvalue weighted by molar-refractivity contribution is 7.16. The molecule has 0 saturated carbocycles. The molecule has 3 rings (SSSR count). The normalized spacial score (nSPS) is 11.0. The van der Waals surface area contributed by atoms with Crippen molar-refractivity contribution in [2.45, 2.75) is 33.8 Å². The van der Waals surface area contributed by atoms with E-state index in [1.807, 2.05) is 13.8 Å². The smallest absolute Gasteiger partial charge is 0.341 e. The van der Waals surface area contributed by atoms with Crippen molar-refractivity contribution in [3.05, 3.63) is 62.1 Å². The monoisotopic (exact) mass is 451 g/mol. The maximum absolute atomic E-state index is 12.7. The van der Waals surface area contributed by atoms with Gasteiger partial charge >= 0.3 is 5.97 Å². The van der Waals surface area contributed by atoms with Crippen LogP contribution in [0.1, 0.15) is 45.2 Å². The third-order valence-electron chi connectivity index (χ3n) is 4.19. The van der Waals surface area contributed by atoms with Gasteiger partial charge in [-0.1, -0.05) is 23.2 Å². The minimum absolute atomic E-state index is 0.109. The van der Waals surface area contributed by atoms with Crippen molar-refractivity contribution in [1.29, 1.82) is 0 Å². The van der Waals surface area contributed by atoms with E-state index in [4.69, 9.17) is 32.4 Å². The minimum atomic E-state index is -0.465. The molecule has 0 aliphatic rings. The van der Waals surface area contributed by atoms with E-state index < -0.39 is 11.9 Å². The Morgan fingerprint density at radius 1 is 1.10 bits per heavy atom. The summed E-state index contributed by atoms with van der Waals surface area (Å²) in [6.45, 7) is 7.26. The molecule has 3 aromatic rings. The van der Waals surface area contributed by atoms with Gasteiger partial charge in [0.2, 0.25) is 0 Å². The molecule has 2 heterocycles. The van der Waals surface area contributed by atoms with Crippen molar-refractivity contribution in [3.8, 4) is 11.3 Å². The quantitative estimate of drug-likeness (QED) is 0.435. The van der Waals surface area contributed by atoms with E-state index in [1.165, 1.54) is 11.3 Å². The van der Waals surface area contributed by atoms with Gasteiger partial charge in [0.05, 0.1) is 21.7 Å². The van der Waals surface area contributed by atoms with Crippen LogP contribution in [0.4, 0.5) is 5.00 Å². The molecule has 0 bridgehead atoms. The van der Waals surface area contributed by atoms with Crippen LogP contribution < -0.4 is 5.32 Å². The van der Waals surface area contributed by atoms with Crippen molar-refractivity contribution < 1.29 is 18.7 Å². The van der Waals surface area contributed by atoms with E-state index in [-0.39, 0.29) is 11.9 Å². The second-order valence-electron chi connectivity index (χ2n) is 6.69. The molecule has 0 radical (unpaired) electrons.